The van der Waals surface area contributed by atoms with Gasteiger partial charge >= 0.3 is 0 Å². The monoisotopic (exact) mass is 309 g/mol. The van der Waals surface area contributed by atoms with Crippen LogP contribution in [0, 0.1) is 0 Å². The summed E-state index contributed by atoms with van der Waals surface area (Å²) in [5.41, 5.74) is 1.41. The third kappa shape index (κ3) is 3.27. The van der Waals surface area contributed by atoms with Gasteiger partial charge in [-0.05, 0) is 25.8 Å². The van der Waals surface area contributed by atoms with E-state index in [1.54, 1.807) is 12.3 Å². The molecule has 0 unspecified atom stereocenters. The minimum absolute atomic E-state index is 0.276. The van der Waals surface area contributed by atoms with E-state index in [-0.39, 0.29) is 4.90 Å². The third-order valence-corrected chi connectivity index (χ3v) is 4.86. The minimum atomic E-state index is -3.58. The molecule has 0 atom stereocenters. The summed E-state index contributed by atoms with van der Waals surface area (Å²) < 4.78 is 29.1. The lowest BCUT2D eigenvalue weighted by Crippen LogP contribution is -2.17. The van der Waals surface area contributed by atoms with Gasteiger partial charge in [0.25, 0.3) is 10.0 Å². The standard InChI is InChI=1S/C13H19N5O2S/c1-2-18-9-13(5-12(18)8-14-10-3-4-10)21(19,20)17-11-6-15-16-7-11/h5-7,9-10,14,17H,2-4,8H2,1H3,(H,15,16). The molecule has 0 aliphatic heterocycles. The number of hydrogen-bond donors (Lipinski definition) is 3. The van der Waals surface area contributed by atoms with Gasteiger partial charge in [-0.3, -0.25) is 9.82 Å². The largest absolute Gasteiger partial charge is 0.349 e. The molecular weight excluding hydrogens is 290 g/mol. The highest BCUT2D eigenvalue weighted by Crippen LogP contribution is 2.21. The van der Waals surface area contributed by atoms with Crippen molar-refractivity contribution in [3.05, 3.63) is 30.4 Å². The topological polar surface area (TPSA) is 91.8 Å². The molecule has 3 rings (SSSR count). The molecule has 1 saturated carbocycles. The van der Waals surface area contributed by atoms with E-state index in [0.29, 0.717) is 18.3 Å². The Kier molecular flexibility index (Phi) is 3.73. The van der Waals surface area contributed by atoms with Crippen LogP contribution in [0.1, 0.15) is 25.5 Å². The zero-order valence-electron chi connectivity index (χ0n) is 11.8. The van der Waals surface area contributed by atoms with Gasteiger partial charge in [0.1, 0.15) is 4.90 Å². The smallest absolute Gasteiger partial charge is 0.263 e. The van der Waals surface area contributed by atoms with Crippen LogP contribution in [0.4, 0.5) is 5.69 Å². The maximum Gasteiger partial charge on any atom is 0.263 e. The van der Waals surface area contributed by atoms with E-state index in [2.05, 4.69) is 20.2 Å². The molecule has 1 fully saturated rings. The summed E-state index contributed by atoms with van der Waals surface area (Å²) in [4.78, 5) is 0.276. The van der Waals surface area contributed by atoms with Crippen LogP contribution >= 0.6 is 0 Å². The molecule has 0 saturated heterocycles. The van der Waals surface area contributed by atoms with E-state index < -0.39 is 10.0 Å². The average Bonchev–Trinajstić information content (AvgIpc) is 2.97. The Bertz CT molecular complexity index is 701. The first-order chi connectivity index (χ1) is 10.1. The number of aromatic nitrogens is 3. The molecule has 0 spiro atoms. The number of nitrogens with zero attached hydrogens (tertiary/aromatic N) is 2. The molecule has 114 valence electrons. The number of anilines is 1. The first-order valence-electron chi connectivity index (χ1n) is 7.02. The summed E-state index contributed by atoms with van der Waals surface area (Å²) in [6.45, 7) is 3.43. The highest BCUT2D eigenvalue weighted by molar-refractivity contribution is 7.92. The number of hydrogen-bond acceptors (Lipinski definition) is 4. The molecular formula is C13H19N5O2S. The van der Waals surface area contributed by atoms with Gasteiger partial charge in [-0.15, -0.1) is 0 Å². The highest BCUT2D eigenvalue weighted by Gasteiger charge is 2.22. The zero-order valence-corrected chi connectivity index (χ0v) is 12.7. The van der Waals surface area contributed by atoms with Crippen molar-refractivity contribution in [2.45, 2.75) is 43.8 Å². The molecule has 0 aromatic carbocycles. The predicted molar refractivity (Wildman–Crippen MR) is 79.4 cm³/mol. The van der Waals surface area contributed by atoms with Gasteiger partial charge in [0.05, 0.1) is 11.9 Å². The molecule has 2 aromatic heterocycles. The molecule has 2 aromatic rings. The van der Waals surface area contributed by atoms with Crippen molar-refractivity contribution in [2.75, 3.05) is 4.72 Å². The van der Waals surface area contributed by atoms with E-state index in [1.165, 1.54) is 25.2 Å². The van der Waals surface area contributed by atoms with Crippen LogP contribution in [0.2, 0.25) is 0 Å². The van der Waals surface area contributed by atoms with Crippen LogP contribution in [0.25, 0.3) is 0 Å². The first kappa shape index (κ1) is 14.2. The number of aromatic amines is 1. The molecule has 21 heavy (non-hydrogen) atoms. The van der Waals surface area contributed by atoms with E-state index >= 15 is 0 Å². The lowest BCUT2D eigenvalue weighted by atomic mass is 10.4. The maximum atomic E-state index is 12.3. The van der Waals surface area contributed by atoms with Crippen LogP contribution in [0.3, 0.4) is 0 Å². The third-order valence-electron chi connectivity index (χ3n) is 3.51. The summed E-state index contributed by atoms with van der Waals surface area (Å²) in [5.74, 6) is 0. The number of rotatable bonds is 7. The Balaban J connectivity index is 1.80. The number of H-pyrrole nitrogens is 1. The summed E-state index contributed by atoms with van der Waals surface area (Å²) >= 11 is 0. The highest BCUT2D eigenvalue weighted by atomic mass is 32.2. The molecule has 3 N–H and O–H groups in total. The summed E-state index contributed by atoms with van der Waals surface area (Å²) in [7, 11) is -3.58. The van der Waals surface area contributed by atoms with Crippen molar-refractivity contribution in [3.8, 4) is 0 Å². The molecule has 8 heteroatoms. The van der Waals surface area contributed by atoms with Crippen molar-refractivity contribution < 1.29 is 8.42 Å². The molecule has 0 amide bonds. The van der Waals surface area contributed by atoms with E-state index in [1.807, 2.05) is 11.5 Å². The number of sulfonamides is 1. The fourth-order valence-electron chi connectivity index (χ4n) is 2.17. The zero-order chi connectivity index (χ0) is 14.9. The summed E-state index contributed by atoms with van der Waals surface area (Å²) in [6, 6.07) is 2.32. The van der Waals surface area contributed by atoms with E-state index in [4.69, 9.17) is 0 Å². The van der Waals surface area contributed by atoms with Crippen LogP contribution in [0.15, 0.2) is 29.6 Å². The lowest BCUT2D eigenvalue weighted by molar-refractivity contribution is 0.600. The van der Waals surface area contributed by atoms with Gasteiger partial charge in [0.15, 0.2) is 0 Å². The molecule has 2 heterocycles. The van der Waals surface area contributed by atoms with Gasteiger partial charge in [0, 0.05) is 37.2 Å². The van der Waals surface area contributed by atoms with Crippen molar-refractivity contribution in [3.63, 3.8) is 0 Å². The van der Waals surface area contributed by atoms with Gasteiger partial charge in [0.2, 0.25) is 0 Å². The summed E-state index contributed by atoms with van der Waals surface area (Å²) in [6.07, 6.45) is 7.03. The number of aryl methyl sites for hydroxylation is 1. The normalized spacial score (nSPS) is 15.3. The van der Waals surface area contributed by atoms with Crippen LogP contribution in [-0.2, 0) is 23.1 Å². The maximum absolute atomic E-state index is 12.3. The Morgan fingerprint density at radius 3 is 2.90 bits per heavy atom. The van der Waals surface area contributed by atoms with Gasteiger partial charge < -0.3 is 9.88 Å². The van der Waals surface area contributed by atoms with Crippen LogP contribution < -0.4 is 10.0 Å². The second kappa shape index (κ2) is 5.53. The summed E-state index contributed by atoms with van der Waals surface area (Å²) in [5, 5.41) is 9.71. The van der Waals surface area contributed by atoms with E-state index in [9.17, 15) is 8.42 Å². The van der Waals surface area contributed by atoms with Crippen LogP contribution in [-0.4, -0.2) is 29.2 Å². The Hall–Kier alpha value is -1.80. The van der Waals surface area contributed by atoms with Crippen molar-refractivity contribution in [2.24, 2.45) is 0 Å². The van der Waals surface area contributed by atoms with Crippen molar-refractivity contribution in [1.29, 1.82) is 0 Å². The fraction of sp³-hybridized carbons (Fsp3) is 0.462. The van der Waals surface area contributed by atoms with Gasteiger partial charge in [-0.1, -0.05) is 0 Å². The predicted octanol–water partition coefficient (Wildman–Crippen LogP) is 1.28. The second-order valence-corrected chi connectivity index (χ2v) is 6.88. The van der Waals surface area contributed by atoms with E-state index in [0.717, 1.165) is 12.2 Å². The van der Waals surface area contributed by atoms with Crippen molar-refractivity contribution in [1.82, 2.24) is 20.1 Å². The van der Waals surface area contributed by atoms with Crippen molar-refractivity contribution >= 4 is 15.7 Å². The van der Waals surface area contributed by atoms with Crippen LogP contribution in [0.5, 0.6) is 0 Å². The number of nitrogens with one attached hydrogen (secondary N) is 3. The Labute approximate surface area is 123 Å². The average molecular weight is 309 g/mol. The Morgan fingerprint density at radius 2 is 2.29 bits per heavy atom. The molecule has 0 radical (unpaired) electrons. The van der Waals surface area contributed by atoms with Gasteiger partial charge in [-0.25, -0.2) is 8.42 Å². The van der Waals surface area contributed by atoms with Gasteiger partial charge in [-0.2, -0.15) is 5.10 Å². The minimum Gasteiger partial charge on any atom is -0.349 e. The molecule has 0 bridgehead atoms. The fourth-order valence-corrected chi connectivity index (χ4v) is 3.27. The lowest BCUT2D eigenvalue weighted by Gasteiger charge is -2.06. The Morgan fingerprint density at radius 1 is 1.48 bits per heavy atom. The molecule has 1 aliphatic carbocycles. The molecule has 7 nitrogen and oxygen atoms in total. The quantitative estimate of drug-likeness (QED) is 0.718. The molecule has 1 aliphatic rings. The second-order valence-electron chi connectivity index (χ2n) is 5.20. The first-order valence-corrected chi connectivity index (χ1v) is 8.51. The SMILES string of the molecule is CCn1cc(S(=O)(=O)Nc2cn[nH]c2)cc1CNC1CC1.